The van der Waals surface area contributed by atoms with Crippen molar-refractivity contribution in [2.24, 2.45) is 5.41 Å². The molecule has 0 bridgehead atoms. The van der Waals surface area contributed by atoms with Gasteiger partial charge in [0.25, 0.3) is 0 Å². The van der Waals surface area contributed by atoms with E-state index in [4.69, 9.17) is 4.74 Å². The molecule has 0 aromatic carbocycles. The van der Waals surface area contributed by atoms with E-state index in [0.717, 1.165) is 0 Å². The lowest BCUT2D eigenvalue weighted by molar-refractivity contribution is 0.0866. The second kappa shape index (κ2) is 4.43. The van der Waals surface area contributed by atoms with Crippen molar-refractivity contribution in [1.82, 2.24) is 5.32 Å². The summed E-state index contributed by atoms with van der Waals surface area (Å²) in [5.74, 6) is 0. The summed E-state index contributed by atoms with van der Waals surface area (Å²) in [5, 5.41) is 3.56. The van der Waals surface area contributed by atoms with E-state index < -0.39 is 0 Å². The Labute approximate surface area is 82.0 Å². The first kappa shape index (κ1) is 11.0. The minimum atomic E-state index is 0.313. The van der Waals surface area contributed by atoms with Gasteiger partial charge in [-0.1, -0.05) is 6.92 Å². The van der Waals surface area contributed by atoms with E-state index in [1.54, 1.807) is 7.11 Å². The molecule has 0 aliphatic heterocycles. The lowest BCUT2D eigenvalue weighted by Gasteiger charge is -2.23. The van der Waals surface area contributed by atoms with E-state index >= 15 is 0 Å². The lowest BCUT2D eigenvalue weighted by Crippen LogP contribution is -2.39. The second-order valence-electron chi connectivity index (χ2n) is 4.46. The molecule has 2 atom stereocenters. The van der Waals surface area contributed by atoms with E-state index in [1.807, 2.05) is 0 Å². The van der Waals surface area contributed by atoms with Crippen molar-refractivity contribution in [3.63, 3.8) is 0 Å². The molecule has 0 radical (unpaired) electrons. The maximum Gasteiger partial charge on any atom is 0.0693 e. The first-order valence-corrected chi connectivity index (χ1v) is 5.40. The molecule has 1 N–H and O–H groups in total. The van der Waals surface area contributed by atoms with Crippen molar-refractivity contribution in [1.29, 1.82) is 0 Å². The summed E-state index contributed by atoms with van der Waals surface area (Å²) < 4.78 is 5.27. The third-order valence-electron chi connectivity index (χ3n) is 3.58. The van der Waals surface area contributed by atoms with E-state index in [0.29, 0.717) is 17.6 Å². The molecule has 1 fully saturated rings. The summed E-state index contributed by atoms with van der Waals surface area (Å²) >= 11 is 0. The highest BCUT2D eigenvalue weighted by Crippen LogP contribution is 2.47. The zero-order chi connectivity index (χ0) is 9.90. The van der Waals surface area contributed by atoms with E-state index in [1.165, 1.54) is 25.8 Å². The van der Waals surface area contributed by atoms with E-state index in [9.17, 15) is 0 Å². The Balaban J connectivity index is 2.18. The molecule has 2 nitrogen and oxygen atoms in total. The van der Waals surface area contributed by atoms with Gasteiger partial charge in [-0.3, -0.25) is 0 Å². The maximum absolute atomic E-state index is 5.27. The van der Waals surface area contributed by atoms with Crippen LogP contribution in [0.25, 0.3) is 0 Å². The van der Waals surface area contributed by atoms with E-state index in [2.05, 4.69) is 26.1 Å². The zero-order valence-electron chi connectivity index (χ0n) is 9.39. The maximum atomic E-state index is 5.27. The fourth-order valence-corrected chi connectivity index (χ4v) is 1.58. The average molecular weight is 185 g/mol. The number of nitrogens with one attached hydrogen (secondary N) is 1. The topological polar surface area (TPSA) is 21.3 Å². The number of hydrogen-bond donors (Lipinski definition) is 1. The van der Waals surface area contributed by atoms with Crippen LogP contribution in [0.2, 0.25) is 0 Å². The highest BCUT2D eigenvalue weighted by molar-refractivity contribution is 4.94. The molecule has 1 aliphatic carbocycles. The van der Waals surface area contributed by atoms with Crippen LogP contribution in [0.1, 0.15) is 40.0 Å². The Bertz CT molecular complexity index is 154. The van der Waals surface area contributed by atoms with Gasteiger partial charge in [-0.15, -0.1) is 0 Å². The molecular weight excluding hydrogens is 162 g/mol. The van der Waals surface area contributed by atoms with Gasteiger partial charge in [-0.2, -0.15) is 0 Å². The van der Waals surface area contributed by atoms with Crippen molar-refractivity contribution in [2.45, 2.75) is 52.2 Å². The molecule has 0 saturated heterocycles. The zero-order valence-corrected chi connectivity index (χ0v) is 9.39. The molecule has 1 saturated carbocycles. The van der Waals surface area contributed by atoms with E-state index in [-0.39, 0.29) is 0 Å². The van der Waals surface area contributed by atoms with Gasteiger partial charge in [-0.25, -0.2) is 0 Å². The van der Waals surface area contributed by atoms with Crippen molar-refractivity contribution in [2.75, 3.05) is 13.7 Å². The minimum Gasteiger partial charge on any atom is -0.380 e. The Morgan fingerprint density at radius 2 is 2.00 bits per heavy atom. The third kappa shape index (κ3) is 2.96. The molecule has 0 spiro atoms. The summed E-state index contributed by atoms with van der Waals surface area (Å²) in [6, 6.07) is 0.467. The molecule has 0 amide bonds. The largest absolute Gasteiger partial charge is 0.380 e. The van der Waals surface area contributed by atoms with Crippen LogP contribution in [-0.4, -0.2) is 25.8 Å². The van der Waals surface area contributed by atoms with Gasteiger partial charge in [0.15, 0.2) is 0 Å². The molecule has 1 rings (SSSR count). The van der Waals surface area contributed by atoms with Gasteiger partial charge in [0.1, 0.15) is 0 Å². The van der Waals surface area contributed by atoms with Crippen LogP contribution in [-0.2, 0) is 4.74 Å². The van der Waals surface area contributed by atoms with Crippen molar-refractivity contribution in [3.8, 4) is 0 Å². The molecule has 0 aromatic rings. The summed E-state index contributed by atoms with van der Waals surface area (Å²) in [6.07, 6.45) is 4.44. The number of methoxy groups -OCH3 is 1. The normalized spacial score (nSPS) is 24.0. The average Bonchev–Trinajstić information content (AvgIpc) is 2.93. The molecule has 1 aliphatic rings. The van der Waals surface area contributed by atoms with Crippen LogP contribution in [0.5, 0.6) is 0 Å². The Kier molecular flexibility index (Phi) is 3.74. The molecule has 0 heterocycles. The monoisotopic (exact) mass is 185 g/mol. The molecule has 78 valence electrons. The summed E-state index contributed by atoms with van der Waals surface area (Å²) in [6.45, 7) is 7.76. The van der Waals surface area contributed by atoms with Crippen molar-refractivity contribution < 1.29 is 4.74 Å². The predicted octanol–water partition coefficient (Wildman–Crippen LogP) is 2.19. The molecular formula is C11H23NO. The van der Waals surface area contributed by atoms with Crippen LogP contribution in [0.4, 0.5) is 0 Å². The Hall–Kier alpha value is -0.0800. The highest BCUT2D eigenvalue weighted by atomic mass is 16.5. The molecule has 2 heteroatoms. The van der Waals surface area contributed by atoms with Gasteiger partial charge in [0, 0.05) is 19.7 Å². The van der Waals surface area contributed by atoms with Gasteiger partial charge < -0.3 is 10.1 Å². The fourth-order valence-electron chi connectivity index (χ4n) is 1.58. The molecule has 2 unspecified atom stereocenters. The first-order valence-electron chi connectivity index (χ1n) is 5.40. The third-order valence-corrected chi connectivity index (χ3v) is 3.58. The predicted molar refractivity (Wildman–Crippen MR) is 55.9 cm³/mol. The lowest BCUT2D eigenvalue weighted by atomic mass is 10.0. The Morgan fingerprint density at radius 1 is 1.38 bits per heavy atom. The molecule has 13 heavy (non-hydrogen) atoms. The quantitative estimate of drug-likeness (QED) is 0.685. The minimum absolute atomic E-state index is 0.313. The van der Waals surface area contributed by atoms with Gasteiger partial charge >= 0.3 is 0 Å². The number of hydrogen-bond acceptors (Lipinski definition) is 2. The van der Waals surface area contributed by atoms with Crippen LogP contribution in [0.15, 0.2) is 0 Å². The molecule has 0 aromatic heterocycles. The summed E-state index contributed by atoms with van der Waals surface area (Å²) in [5.41, 5.74) is 0.641. The van der Waals surface area contributed by atoms with Crippen LogP contribution in [0.3, 0.4) is 0 Å². The smallest absolute Gasteiger partial charge is 0.0693 e. The number of rotatable bonds is 6. The summed E-state index contributed by atoms with van der Waals surface area (Å²) in [4.78, 5) is 0. The fraction of sp³-hybridized carbons (Fsp3) is 1.00. The van der Waals surface area contributed by atoms with Crippen LogP contribution >= 0.6 is 0 Å². The van der Waals surface area contributed by atoms with Gasteiger partial charge in [0.05, 0.1) is 6.10 Å². The Morgan fingerprint density at radius 3 is 2.38 bits per heavy atom. The van der Waals surface area contributed by atoms with Crippen LogP contribution in [0, 0.1) is 5.41 Å². The standard InChI is InChI=1S/C11H23NO/c1-5-11(6-7-11)8-12-9(2)10(3)13-4/h9-10,12H,5-8H2,1-4H3. The van der Waals surface area contributed by atoms with Crippen LogP contribution < -0.4 is 5.32 Å². The number of ether oxygens (including phenoxy) is 1. The van der Waals surface area contributed by atoms with Gasteiger partial charge in [0.2, 0.25) is 0 Å². The second-order valence-corrected chi connectivity index (χ2v) is 4.46. The summed E-state index contributed by atoms with van der Waals surface area (Å²) in [7, 11) is 1.77. The first-order chi connectivity index (χ1) is 6.13. The van der Waals surface area contributed by atoms with Gasteiger partial charge in [-0.05, 0) is 38.5 Å². The highest BCUT2D eigenvalue weighted by Gasteiger charge is 2.40. The van der Waals surface area contributed by atoms with Crippen molar-refractivity contribution >= 4 is 0 Å². The SMILES string of the molecule is CCC1(CNC(C)C(C)OC)CC1. The van der Waals surface area contributed by atoms with Crippen molar-refractivity contribution in [3.05, 3.63) is 0 Å².